The minimum Gasteiger partial charge on any atom is -0.392 e. The van der Waals surface area contributed by atoms with Crippen molar-refractivity contribution in [3.8, 4) is 11.3 Å². The van der Waals surface area contributed by atoms with Gasteiger partial charge in [0.25, 0.3) is 0 Å². The van der Waals surface area contributed by atoms with Gasteiger partial charge in [0.2, 0.25) is 5.91 Å². The molecule has 1 fully saturated rings. The minimum absolute atomic E-state index is 0.0456. The van der Waals surface area contributed by atoms with Gasteiger partial charge in [-0.15, -0.1) is 0 Å². The zero-order valence-corrected chi connectivity index (χ0v) is 17.2. The molecule has 0 radical (unpaired) electrons. The Morgan fingerprint density at radius 3 is 2.53 bits per heavy atom. The van der Waals surface area contributed by atoms with Crippen molar-refractivity contribution in [3.05, 3.63) is 89.6 Å². The number of aliphatic hydroxyl groups excluding tert-OH is 1. The molecule has 1 saturated heterocycles. The van der Waals surface area contributed by atoms with Crippen molar-refractivity contribution < 1.29 is 9.90 Å². The van der Waals surface area contributed by atoms with Crippen molar-refractivity contribution in [1.29, 1.82) is 0 Å². The molecule has 2 aromatic carbocycles. The highest BCUT2D eigenvalue weighted by molar-refractivity contribution is 5.76. The maximum atomic E-state index is 12.8. The van der Waals surface area contributed by atoms with Crippen LogP contribution in [-0.4, -0.2) is 34.0 Å². The van der Waals surface area contributed by atoms with Crippen LogP contribution in [-0.2, 0) is 17.8 Å². The van der Waals surface area contributed by atoms with Crippen molar-refractivity contribution in [3.63, 3.8) is 0 Å². The number of likely N-dealkylation sites (tertiary alicyclic amines) is 1. The van der Waals surface area contributed by atoms with Crippen LogP contribution in [0.5, 0.6) is 0 Å². The SMILES string of the molecule is O=C(CCc1ccccc1)N1CCC[C@H](c2cccc(-c3ccc(CO)cc3)n2)C1. The zero-order valence-electron chi connectivity index (χ0n) is 17.2. The van der Waals surface area contributed by atoms with Gasteiger partial charge in [-0.2, -0.15) is 0 Å². The van der Waals surface area contributed by atoms with Gasteiger partial charge in [-0.05, 0) is 42.5 Å². The third kappa shape index (κ3) is 4.95. The van der Waals surface area contributed by atoms with Crippen molar-refractivity contribution in [2.45, 2.75) is 38.2 Å². The van der Waals surface area contributed by atoms with Gasteiger partial charge in [0.05, 0.1) is 12.3 Å². The molecule has 3 aromatic rings. The third-order valence-corrected chi connectivity index (χ3v) is 5.87. The highest BCUT2D eigenvalue weighted by Gasteiger charge is 2.25. The van der Waals surface area contributed by atoms with E-state index in [-0.39, 0.29) is 18.4 Å². The summed E-state index contributed by atoms with van der Waals surface area (Å²) in [5.41, 5.74) is 5.14. The van der Waals surface area contributed by atoms with Gasteiger partial charge in [0, 0.05) is 36.7 Å². The maximum Gasteiger partial charge on any atom is 0.222 e. The van der Waals surface area contributed by atoms with E-state index in [0.29, 0.717) is 6.42 Å². The molecule has 0 saturated carbocycles. The summed E-state index contributed by atoms with van der Waals surface area (Å²) in [5.74, 6) is 0.510. The second-order valence-corrected chi connectivity index (χ2v) is 7.97. The van der Waals surface area contributed by atoms with Crippen LogP contribution in [0.2, 0.25) is 0 Å². The first kappa shape index (κ1) is 20.3. The van der Waals surface area contributed by atoms with E-state index in [9.17, 15) is 9.90 Å². The minimum atomic E-state index is 0.0456. The molecule has 154 valence electrons. The van der Waals surface area contributed by atoms with E-state index in [1.165, 1.54) is 5.56 Å². The van der Waals surface area contributed by atoms with Gasteiger partial charge in [-0.3, -0.25) is 9.78 Å². The molecular weight excluding hydrogens is 372 g/mol. The van der Waals surface area contributed by atoms with Gasteiger partial charge < -0.3 is 10.0 Å². The lowest BCUT2D eigenvalue weighted by Gasteiger charge is -2.32. The first-order valence-electron chi connectivity index (χ1n) is 10.7. The van der Waals surface area contributed by atoms with Crippen molar-refractivity contribution in [2.75, 3.05) is 13.1 Å². The second-order valence-electron chi connectivity index (χ2n) is 7.97. The number of benzene rings is 2. The predicted octanol–water partition coefficient (Wildman–Crippen LogP) is 4.58. The van der Waals surface area contributed by atoms with Crippen LogP contribution >= 0.6 is 0 Å². The van der Waals surface area contributed by atoms with Gasteiger partial charge in [0.1, 0.15) is 0 Å². The first-order valence-corrected chi connectivity index (χ1v) is 10.7. The number of aromatic nitrogens is 1. The van der Waals surface area contributed by atoms with Crippen LogP contribution in [0.4, 0.5) is 0 Å². The number of aliphatic hydroxyl groups is 1. The van der Waals surface area contributed by atoms with Gasteiger partial charge in [-0.1, -0.05) is 60.7 Å². The molecule has 1 atom stereocenters. The first-order chi connectivity index (χ1) is 14.7. The molecule has 1 aliphatic heterocycles. The predicted molar refractivity (Wildman–Crippen MR) is 119 cm³/mol. The number of amides is 1. The fourth-order valence-electron chi connectivity index (χ4n) is 4.12. The average Bonchev–Trinajstić information content (AvgIpc) is 2.83. The Labute approximate surface area is 178 Å². The van der Waals surface area contributed by atoms with Gasteiger partial charge in [-0.25, -0.2) is 0 Å². The molecule has 4 heteroatoms. The highest BCUT2D eigenvalue weighted by atomic mass is 16.3. The number of nitrogens with zero attached hydrogens (tertiary/aromatic N) is 2. The van der Waals surface area contributed by atoms with Crippen LogP contribution in [0.1, 0.15) is 42.0 Å². The molecular formula is C26H28N2O2. The Morgan fingerprint density at radius 2 is 1.77 bits per heavy atom. The van der Waals surface area contributed by atoms with Gasteiger partial charge >= 0.3 is 0 Å². The molecule has 0 spiro atoms. The number of carbonyl (C=O) groups excluding carboxylic acids is 1. The van der Waals surface area contributed by atoms with Crippen LogP contribution in [0.15, 0.2) is 72.8 Å². The van der Waals surface area contributed by atoms with E-state index >= 15 is 0 Å². The summed E-state index contributed by atoms with van der Waals surface area (Å²) in [6.07, 6.45) is 3.42. The lowest BCUT2D eigenvalue weighted by Crippen LogP contribution is -2.39. The standard InChI is InChI=1S/C26H28N2O2/c29-19-21-11-14-22(15-12-21)24-9-4-10-25(27-24)23-8-5-17-28(18-23)26(30)16-13-20-6-2-1-3-7-20/h1-4,6-7,9-12,14-15,23,29H,5,8,13,16-19H2/t23-/m0/s1. The summed E-state index contributed by atoms with van der Waals surface area (Å²) in [6.45, 7) is 1.63. The lowest BCUT2D eigenvalue weighted by atomic mass is 9.93. The van der Waals surface area contributed by atoms with Crippen LogP contribution in [0.25, 0.3) is 11.3 Å². The number of rotatable bonds is 6. The van der Waals surface area contributed by atoms with E-state index in [1.54, 1.807) is 0 Å². The smallest absolute Gasteiger partial charge is 0.222 e. The Bertz CT molecular complexity index is 970. The Hall–Kier alpha value is -2.98. The van der Waals surface area contributed by atoms with Crippen molar-refractivity contribution in [1.82, 2.24) is 9.88 Å². The number of pyridine rings is 1. The number of carbonyl (C=O) groups is 1. The molecule has 0 unspecified atom stereocenters. The maximum absolute atomic E-state index is 12.8. The fraction of sp³-hybridized carbons (Fsp3) is 0.308. The van der Waals surface area contributed by atoms with Crippen LogP contribution in [0, 0.1) is 0 Å². The Morgan fingerprint density at radius 1 is 0.967 bits per heavy atom. The molecule has 2 heterocycles. The molecule has 1 aliphatic rings. The number of hydrogen-bond donors (Lipinski definition) is 1. The number of piperidine rings is 1. The lowest BCUT2D eigenvalue weighted by molar-refractivity contribution is -0.132. The molecule has 1 aromatic heterocycles. The third-order valence-electron chi connectivity index (χ3n) is 5.87. The normalized spacial score (nSPS) is 16.4. The Kier molecular flexibility index (Phi) is 6.55. The molecule has 1 N–H and O–H groups in total. The number of aryl methyl sites for hydroxylation is 1. The Balaban J connectivity index is 1.42. The zero-order chi connectivity index (χ0) is 20.8. The summed E-state index contributed by atoms with van der Waals surface area (Å²) in [4.78, 5) is 19.7. The molecule has 4 nitrogen and oxygen atoms in total. The monoisotopic (exact) mass is 400 g/mol. The summed E-state index contributed by atoms with van der Waals surface area (Å²) in [7, 11) is 0. The summed E-state index contributed by atoms with van der Waals surface area (Å²) >= 11 is 0. The molecule has 0 aliphatic carbocycles. The number of hydrogen-bond acceptors (Lipinski definition) is 3. The van der Waals surface area contributed by atoms with Crippen molar-refractivity contribution >= 4 is 5.91 Å². The van der Waals surface area contributed by atoms with E-state index in [4.69, 9.17) is 4.98 Å². The summed E-state index contributed by atoms with van der Waals surface area (Å²) in [5, 5.41) is 9.24. The van der Waals surface area contributed by atoms with E-state index in [1.807, 2.05) is 59.5 Å². The van der Waals surface area contributed by atoms with E-state index < -0.39 is 0 Å². The highest BCUT2D eigenvalue weighted by Crippen LogP contribution is 2.28. The van der Waals surface area contributed by atoms with E-state index in [2.05, 4.69) is 18.2 Å². The molecule has 4 rings (SSSR count). The van der Waals surface area contributed by atoms with Crippen molar-refractivity contribution in [2.24, 2.45) is 0 Å². The van der Waals surface area contributed by atoms with Crippen LogP contribution in [0.3, 0.4) is 0 Å². The largest absolute Gasteiger partial charge is 0.392 e. The molecule has 0 bridgehead atoms. The molecule has 30 heavy (non-hydrogen) atoms. The van der Waals surface area contributed by atoms with Gasteiger partial charge in [0.15, 0.2) is 0 Å². The van der Waals surface area contributed by atoms with E-state index in [0.717, 1.165) is 54.9 Å². The summed E-state index contributed by atoms with van der Waals surface area (Å²) < 4.78 is 0. The average molecular weight is 401 g/mol. The fourth-order valence-corrected chi connectivity index (χ4v) is 4.12. The quantitative estimate of drug-likeness (QED) is 0.659. The summed E-state index contributed by atoms with van der Waals surface area (Å²) in [6, 6.07) is 24.2. The van der Waals surface area contributed by atoms with Crippen LogP contribution < -0.4 is 0 Å². The topological polar surface area (TPSA) is 53.4 Å². The molecule has 1 amide bonds. The second kappa shape index (κ2) is 9.68.